The van der Waals surface area contributed by atoms with Crippen molar-refractivity contribution in [2.45, 2.75) is 102 Å². The predicted molar refractivity (Wildman–Crippen MR) is 264 cm³/mol. The van der Waals surface area contributed by atoms with Crippen LogP contribution in [-0.2, 0) is 56.4 Å². The summed E-state index contributed by atoms with van der Waals surface area (Å²) < 4.78 is 60.7. The normalized spacial score (nSPS) is 20.2. The van der Waals surface area contributed by atoms with Crippen molar-refractivity contribution in [2.75, 3.05) is 26.4 Å². The monoisotopic (exact) mass is 959 g/mol. The van der Waals surface area contributed by atoms with E-state index in [1.807, 2.05) is 72.7 Å². The Kier molecular flexibility index (Phi) is 16.7. The highest BCUT2D eigenvalue weighted by molar-refractivity contribution is 7.25. The van der Waals surface area contributed by atoms with Gasteiger partial charge in [0.25, 0.3) is 5.92 Å². The van der Waals surface area contributed by atoms with Crippen molar-refractivity contribution < 1.29 is 51.6 Å². The molecule has 5 aromatic rings. The van der Waals surface area contributed by atoms with Gasteiger partial charge in [-0.25, -0.2) is 18.4 Å². The molecule has 2 fully saturated rings. The number of terminal acetylenes is 1. The number of thiophene rings is 1. The fraction of sp³-hybridized carbons (Fsp3) is 0.411. The van der Waals surface area contributed by atoms with Crippen LogP contribution >= 0.6 is 11.3 Å². The average molecular weight is 960 g/mol. The number of esters is 4. The molecule has 2 saturated carbocycles. The van der Waals surface area contributed by atoms with Crippen molar-refractivity contribution in [1.29, 1.82) is 0 Å². The Balaban J connectivity index is 0.879. The fourth-order valence-electron chi connectivity index (χ4n) is 8.98. The molecule has 0 bridgehead atoms. The summed E-state index contributed by atoms with van der Waals surface area (Å²) in [6.07, 6.45) is 8.95. The molecule has 4 aromatic carbocycles. The van der Waals surface area contributed by atoms with Gasteiger partial charge in [0, 0.05) is 70.0 Å². The second-order valence-corrected chi connectivity index (χ2v) is 20.0. The van der Waals surface area contributed by atoms with Crippen molar-refractivity contribution in [3.63, 3.8) is 0 Å². The van der Waals surface area contributed by atoms with Crippen molar-refractivity contribution in [3.05, 3.63) is 120 Å². The lowest BCUT2D eigenvalue weighted by Crippen LogP contribution is -2.46. The number of halogens is 2. The van der Waals surface area contributed by atoms with E-state index in [0.29, 0.717) is 68.6 Å². The Hall–Kier alpha value is -6.39. The summed E-state index contributed by atoms with van der Waals surface area (Å²) in [4.78, 5) is 53.8. The second-order valence-electron chi connectivity index (χ2n) is 18.9. The SMILES string of the molecule is C#CC(=O)OCCCOc1ccc(CCOC(=O)C2CCC(C(=O)OCCc3ccc(C4CC(F)(F)C(OC(=O)C=C)CC4C=Nc4ccc5sc6cc(C(C)(C)C)ccc6c5c4)cc3)CC2)cc1. The molecule has 10 nitrogen and oxygen atoms in total. The van der Waals surface area contributed by atoms with E-state index >= 15 is 8.78 Å². The van der Waals surface area contributed by atoms with Gasteiger partial charge in [-0.15, -0.1) is 17.8 Å². The molecule has 13 heteroatoms. The third kappa shape index (κ3) is 13.4. The van der Waals surface area contributed by atoms with E-state index in [1.54, 1.807) is 17.6 Å². The molecule has 3 unspecified atom stereocenters. The van der Waals surface area contributed by atoms with Crippen LogP contribution in [0, 0.1) is 30.1 Å². The summed E-state index contributed by atoms with van der Waals surface area (Å²) >= 11 is 1.73. The van der Waals surface area contributed by atoms with Gasteiger partial charge in [-0.1, -0.05) is 75.9 Å². The van der Waals surface area contributed by atoms with Crippen molar-refractivity contribution >= 4 is 67.3 Å². The molecule has 1 heterocycles. The number of alkyl halides is 2. The number of benzene rings is 4. The molecule has 362 valence electrons. The molecule has 2 aliphatic rings. The minimum absolute atomic E-state index is 0.0220. The molecule has 0 N–H and O–H groups in total. The summed E-state index contributed by atoms with van der Waals surface area (Å²) in [5.74, 6) is -4.52. The van der Waals surface area contributed by atoms with Gasteiger partial charge >= 0.3 is 23.9 Å². The maximum Gasteiger partial charge on any atom is 0.384 e. The first-order chi connectivity index (χ1) is 33.1. The summed E-state index contributed by atoms with van der Waals surface area (Å²) in [6, 6.07) is 27.5. The minimum atomic E-state index is -3.28. The number of rotatable bonds is 18. The molecule has 0 spiro atoms. The lowest BCUT2D eigenvalue weighted by atomic mass is 9.73. The van der Waals surface area contributed by atoms with E-state index in [9.17, 15) is 19.2 Å². The van der Waals surface area contributed by atoms with Crippen molar-refractivity contribution in [3.8, 4) is 18.1 Å². The minimum Gasteiger partial charge on any atom is -0.493 e. The van der Waals surface area contributed by atoms with E-state index < -0.39 is 42.2 Å². The van der Waals surface area contributed by atoms with Gasteiger partial charge in [0.15, 0.2) is 6.10 Å². The van der Waals surface area contributed by atoms with Crippen molar-refractivity contribution in [1.82, 2.24) is 0 Å². The van der Waals surface area contributed by atoms with Gasteiger partial charge in [-0.05, 0) is 102 Å². The number of ether oxygens (including phenoxy) is 5. The summed E-state index contributed by atoms with van der Waals surface area (Å²) in [6.45, 7) is 10.9. The smallest absolute Gasteiger partial charge is 0.384 e. The Morgan fingerprint density at radius 3 is 2.04 bits per heavy atom. The van der Waals surface area contributed by atoms with E-state index in [2.05, 4.69) is 45.5 Å². The Morgan fingerprint density at radius 2 is 1.43 bits per heavy atom. The Bertz CT molecular complexity index is 2690. The van der Waals surface area contributed by atoms with Gasteiger partial charge in [0.05, 0.1) is 44.0 Å². The summed E-state index contributed by atoms with van der Waals surface area (Å²) in [7, 11) is 0. The standard InChI is InChI=1S/C56H59F2NO9S/c1-6-51(60)65-28-8-27-64-44-21-11-37(12-22-44)26-30-67-54(63)40-17-15-39(16-18-40)53(62)66-29-25-36-9-13-38(14-10-36)47-34-56(57,58)50(68-52(61)7-2)31-41(47)35-59-43-20-24-48-46(33-43)45-23-19-42(55(3,4)5)32-49(45)69-48/h1,7,9-14,19-24,32-33,35,39-41,47,50H,2,8,15-18,25-31,34H2,3-5H3. The first kappa shape index (κ1) is 50.5. The fourth-order valence-corrected chi connectivity index (χ4v) is 10.1. The van der Waals surface area contributed by atoms with E-state index in [4.69, 9.17) is 35.1 Å². The second kappa shape index (κ2) is 22.8. The van der Waals surface area contributed by atoms with Crippen LogP contribution in [0.25, 0.3) is 20.2 Å². The van der Waals surface area contributed by atoms with Crippen LogP contribution in [-0.4, -0.2) is 68.5 Å². The van der Waals surface area contributed by atoms with Crippen LogP contribution in [0.15, 0.2) is 103 Å². The Labute approximate surface area is 406 Å². The van der Waals surface area contributed by atoms with Crippen LogP contribution < -0.4 is 4.74 Å². The zero-order valence-corrected chi connectivity index (χ0v) is 40.2. The molecular formula is C56H59F2NO9S. The lowest BCUT2D eigenvalue weighted by molar-refractivity contribution is -0.181. The third-order valence-corrected chi connectivity index (χ3v) is 14.2. The molecule has 0 radical (unpaired) electrons. The topological polar surface area (TPSA) is 127 Å². The van der Waals surface area contributed by atoms with Gasteiger partial charge in [-0.3, -0.25) is 14.6 Å². The van der Waals surface area contributed by atoms with Crippen LogP contribution in [0.1, 0.15) is 93.9 Å². The summed E-state index contributed by atoms with van der Waals surface area (Å²) in [5, 5.41) is 2.22. The molecule has 0 saturated heterocycles. The molecule has 7 rings (SSSR count). The third-order valence-electron chi connectivity index (χ3n) is 13.0. The molecule has 69 heavy (non-hydrogen) atoms. The lowest BCUT2D eigenvalue weighted by Gasteiger charge is -2.39. The maximum absolute atomic E-state index is 15.7. The molecule has 3 atom stereocenters. The number of carbonyl (C=O) groups excluding carboxylic acids is 4. The number of hydrogen-bond acceptors (Lipinski definition) is 11. The zero-order chi connectivity index (χ0) is 49.1. The van der Waals surface area contributed by atoms with Gasteiger partial charge in [0.1, 0.15) is 5.75 Å². The van der Waals surface area contributed by atoms with Gasteiger partial charge < -0.3 is 23.7 Å². The van der Waals surface area contributed by atoms with Crippen LogP contribution in [0.4, 0.5) is 14.5 Å². The van der Waals surface area contributed by atoms with Crippen LogP contribution in [0.5, 0.6) is 5.75 Å². The van der Waals surface area contributed by atoms with Gasteiger partial charge in [-0.2, -0.15) is 0 Å². The highest BCUT2D eigenvalue weighted by Gasteiger charge is 2.51. The van der Waals surface area contributed by atoms with E-state index in [0.717, 1.165) is 32.7 Å². The van der Waals surface area contributed by atoms with Gasteiger partial charge in [0.2, 0.25) is 0 Å². The average Bonchev–Trinajstić information content (AvgIpc) is 3.71. The first-order valence-corrected chi connectivity index (χ1v) is 24.4. The number of aliphatic imine (C=N–C) groups is 1. The molecular weight excluding hydrogens is 901 g/mol. The zero-order valence-electron chi connectivity index (χ0n) is 39.4. The molecule has 0 amide bonds. The predicted octanol–water partition coefficient (Wildman–Crippen LogP) is 11.6. The maximum atomic E-state index is 15.7. The number of nitrogens with zero attached hydrogens (tertiary/aromatic N) is 1. The highest BCUT2D eigenvalue weighted by atomic mass is 32.1. The van der Waals surface area contributed by atoms with Crippen LogP contribution in [0.3, 0.4) is 0 Å². The number of fused-ring (bicyclic) bond motifs is 3. The molecule has 2 aliphatic carbocycles. The number of carbonyl (C=O) groups is 4. The van der Waals surface area contributed by atoms with Crippen LogP contribution in [0.2, 0.25) is 0 Å². The summed E-state index contributed by atoms with van der Waals surface area (Å²) in [5.41, 5.74) is 4.57. The van der Waals surface area contributed by atoms with E-state index in [-0.39, 0.29) is 55.4 Å². The van der Waals surface area contributed by atoms with Crippen molar-refractivity contribution in [2.24, 2.45) is 22.7 Å². The quantitative estimate of drug-likeness (QED) is 0.0160. The molecule has 1 aromatic heterocycles. The highest BCUT2D eigenvalue weighted by Crippen LogP contribution is 2.47. The largest absolute Gasteiger partial charge is 0.493 e. The van der Waals surface area contributed by atoms with E-state index in [1.165, 1.54) is 10.3 Å². The number of hydrogen-bond donors (Lipinski definition) is 0. The molecule has 0 aliphatic heterocycles. The first-order valence-electron chi connectivity index (χ1n) is 23.6. The Morgan fingerprint density at radius 1 is 0.797 bits per heavy atom.